The average Bonchev–Trinajstić information content (AvgIpc) is 2.47. The summed E-state index contributed by atoms with van der Waals surface area (Å²) in [6.45, 7) is 3.65. The number of methoxy groups -OCH3 is 2. The molecule has 2 atom stereocenters. The molecule has 0 aromatic carbocycles. The Morgan fingerprint density at radius 2 is 1.77 bits per heavy atom. The first-order valence-corrected chi connectivity index (χ1v) is 8.11. The summed E-state index contributed by atoms with van der Waals surface area (Å²) >= 11 is 6.21. The van der Waals surface area contributed by atoms with Gasteiger partial charge in [-0.3, -0.25) is 9.59 Å². The fourth-order valence-corrected chi connectivity index (χ4v) is 4.42. The Labute approximate surface area is 139 Å². The van der Waals surface area contributed by atoms with Crippen LogP contribution in [0.5, 0.6) is 0 Å². The number of carbonyl (C=O) groups excluding carboxylic acids is 3. The number of ketones is 1. The van der Waals surface area contributed by atoms with Crippen LogP contribution in [0.3, 0.4) is 0 Å². The second-order valence-electron chi connectivity index (χ2n) is 5.05. The van der Waals surface area contributed by atoms with E-state index in [1.807, 2.05) is 0 Å². The van der Waals surface area contributed by atoms with E-state index in [0.29, 0.717) is 6.61 Å². The van der Waals surface area contributed by atoms with Crippen molar-refractivity contribution in [3.8, 4) is 0 Å². The molecule has 8 heteroatoms. The molecule has 0 amide bonds. The van der Waals surface area contributed by atoms with Gasteiger partial charge in [-0.05, 0) is 38.4 Å². The maximum atomic E-state index is 12.2. The third-order valence-electron chi connectivity index (χ3n) is 3.63. The van der Waals surface area contributed by atoms with Gasteiger partial charge in [0.1, 0.15) is 5.78 Å². The lowest BCUT2D eigenvalue weighted by atomic mass is 9.60. The van der Waals surface area contributed by atoms with Gasteiger partial charge in [-0.15, -0.1) is 0 Å². The summed E-state index contributed by atoms with van der Waals surface area (Å²) in [5.41, 5.74) is -1.44. The topological polar surface area (TPSA) is 78.9 Å². The minimum atomic E-state index is -1.44. The van der Waals surface area contributed by atoms with Crippen LogP contribution in [0, 0.1) is 11.3 Å². The van der Waals surface area contributed by atoms with Crippen LogP contribution in [-0.2, 0) is 28.6 Å². The van der Waals surface area contributed by atoms with Gasteiger partial charge in [0.05, 0.1) is 20.8 Å². The van der Waals surface area contributed by atoms with Crippen LogP contribution in [0.1, 0.15) is 26.7 Å². The van der Waals surface area contributed by atoms with Gasteiger partial charge in [-0.1, -0.05) is 11.8 Å². The molecule has 6 nitrogen and oxygen atoms in total. The molecule has 0 N–H and O–H groups in total. The van der Waals surface area contributed by atoms with Crippen molar-refractivity contribution < 1.29 is 28.6 Å². The molecule has 0 aliphatic heterocycles. The fourth-order valence-electron chi connectivity index (χ4n) is 2.73. The molecule has 0 heterocycles. The Balaban J connectivity index is 3.08. The van der Waals surface area contributed by atoms with Gasteiger partial charge in [0, 0.05) is 11.7 Å². The van der Waals surface area contributed by atoms with E-state index in [4.69, 9.17) is 26.4 Å². The van der Waals surface area contributed by atoms with E-state index < -0.39 is 22.6 Å². The van der Waals surface area contributed by atoms with Crippen LogP contribution in [-0.4, -0.2) is 48.2 Å². The number of carbonyl (C=O) groups is 3. The Hall–Kier alpha value is -1.15. The highest BCUT2D eigenvalue weighted by atomic mass is 32.2. The quantitative estimate of drug-likeness (QED) is 0.408. The van der Waals surface area contributed by atoms with Crippen LogP contribution in [0.4, 0.5) is 0 Å². The fraction of sp³-hybridized carbons (Fsp3) is 0.714. The number of thioether (sulfide) groups is 1. The van der Waals surface area contributed by atoms with Gasteiger partial charge in [0.2, 0.25) is 4.38 Å². The summed E-state index contributed by atoms with van der Waals surface area (Å²) in [6.07, 6.45) is 0.473. The van der Waals surface area contributed by atoms with Gasteiger partial charge in [0.25, 0.3) is 0 Å². The van der Waals surface area contributed by atoms with Gasteiger partial charge in [0.15, 0.2) is 5.41 Å². The van der Waals surface area contributed by atoms with Crippen LogP contribution in [0.25, 0.3) is 0 Å². The predicted octanol–water partition coefficient (Wildman–Crippen LogP) is 1.74. The second-order valence-corrected chi connectivity index (χ2v) is 6.79. The average molecular weight is 348 g/mol. The highest BCUT2D eigenvalue weighted by Crippen LogP contribution is 2.55. The summed E-state index contributed by atoms with van der Waals surface area (Å²) in [7, 11) is 2.43. The first-order chi connectivity index (χ1) is 10.3. The smallest absolute Gasteiger partial charge is 0.324 e. The van der Waals surface area contributed by atoms with Crippen LogP contribution >= 0.6 is 24.0 Å². The Bertz CT molecular complexity index is 460. The molecule has 0 aromatic heterocycles. The summed E-state index contributed by atoms with van der Waals surface area (Å²) in [5, 5.41) is -0.532. The zero-order valence-electron chi connectivity index (χ0n) is 13.0. The summed E-state index contributed by atoms with van der Waals surface area (Å²) in [6, 6.07) is 0. The van der Waals surface area contributed by atoms with Crippen LogP contribution in [0.2, 0.25) is 0 Å². The molecule has 0 spiro atoms. The maximum absolute atomic E-state index is 12.2. The van der Waals surface area contributed by atoms with E-state index in [1.54, 1.807) is 6.92 Å². The number of esters is 2. The molecule has 0 radical (unpaired) electrons. The number of hydrogen-bond acceptors (Lipinski definition) is 8. The molecule has 0 unspecified atom stereocenters. The largest absolute Gasteiger partial charge is 0.479 e. The molecular weight excluding hydrogens is 328 g/mol. The number of thiocarbonyl (C=S) groups is 1. The Kier molecular flexibility index (Phi) is 6.80. The van der Waals surface area contributed by atoms with Gasteiger partial charge in [-0.25, -0.2) is 0 Å². The molecular formula is C14H20O6S2. The number of ether oxygens (including phenoxy) is 3. The lowest BCUT2D eigenvalue weighted by Gasteiger charge is -2.49. The molecule has 1 aliphatic rings. The molecule has 0 saturated heterocycles. The van der Waals surface area contributed by atoms with Gasteiger partial charge >= 0.3 is 11.9 Å². The standard InChI is InChI=1S/C14H20O6S2/c1-5-20-13(21)22-10-9(6-8(2)15)7-14(10,11(16)18-3)12(17)19-4/h9-10H,5-7H2,1-4H3/t9-,10+/m1/s1. The molecule has 1 rings (SSSR count). The summed E-state index contributed by atoms with van der Waals surface area (Å²) in [4.78, 5) is 35.8. The number of hydrogen-bond donors (Lipinski definition) is 0. The normalized spacial score (nSPS) is 22.2. The van der Waals surface area contributed by atoms with E-state index in [2.05, 4.69) is 0 Å². The first kappa shape index (κ1) is 18.9. The zero-order chi connectivity index (χ0) is 16.9. The Morgan fingerprint density at radius 1 is 1.23 bits per heavy atom. The summed E-state index contributed by atoms with van der Waals surface area (Å²) in [5.74, 6) is -1.51. The van der Waals surface area contributed by atoms with E-state index in [0.717, 1.165) is 11.8 Å². The first-order valence-electron chi connectivity index (χ1n) is 6.83. The van der Waals surface area contributed by atoms with Crippen molar-refractivity contribution >= 4 is 46.1 Å². The van der Waals surface area contributed by atoms with Gasteiger partial charge < -0.3 is 19.0 Å². The maximum Gasteiger partial charge on any atom is 0.324 e. The molecule has 1 saturated carbocycles. The minimum Gasteiger partial charge on any atom is -0.479 e. The summed E-state index contributed by atoms with van der Waals surface area (Å²) < 4.78 is 15.0. The van der Waals surface area contributed by atoms with Crippen molar-refractivity contribution in [1.82, 2.24) is 0 Å². The SMILES string of the molecule is CCOC(=S)S[C@H]1[C@H](CC(C)=O)CC1(C(=O)OC)C(=O)OC. The van der Waals surface area contributed by atoms with Crippen molar-refractivity contribution in [1.29, 1.82) is 0 Å². The van der Waals surface area contributed by atoms with E-state index in [-0.39, 0.29) is 28.9 Å². The van der Waals surface area contributed by atoms with E-state index >= 15 is 0 Å². The van der Waals surface area contributed by atoms with Crippen molar-refractivity contribution in [2.24, 2.45) is 11.3 Å². The highest BCUT2D eigenvalue weighted by molar-refractivity contribution is 8.23. The third-order valence-corrected chi connectivity index (χ3v) is 5.39. The van der Waals surface area contributed by atoms with E-state index in [9.17, 15) is 14.4 Å². The monoisotopic (exact) mass is 348 g/mol. The van der Waals surface area contributed by atoms with Crippen molar-refractivity contribution in [3.63, 3.8) is 0 Å². The Morgan fingerprint density at radius 3 is 2.18 bits per heavy atom. The second kappa shape index (κ2) is 7.92. The minimum absolute atomic E-state index is 0.0127. The molecule has 1 aliphatic carbocycles. The van der Waals surface area contributed by atoms with Crippen molar-refractivity contribution in [2.75, 3.05) is 20.8 Å². The van der Waals surface area contributed by atoms with Crippen LogP contribution in [0.15, 0.2) is 0 Å². The lowest BCUT2D eigenvalue weighted by molar-refractivity contribution is -0.179. The van der Waals surface area contributed by atoms with Gasteiger partial charge in [-0.2, -0.15) is 0 Å². The van der Waals surface area contributed by atoms with Crippen molar-refractivity contribution in [3.05, 3.63) is 0 Å². The van der Waals surface area contributed by atoms with Crippen LogP contribution < -0.4 is 0 Å². The zero-order valence-corrected chi connectivity index (χ0v) is 14.7. The third kappa shape index (κ3) is 3.60. The lowest BCUT2D eigenvalue weighted by Crippen LogP contribution is -2.61. The highest BCUT2D eigenvalue weighted by Gasteiger charge is 2.66. The molecule has 22 heavy (non-hydrogen) atoms. The number of rotatable bonds is 6. The number of Topliss-reactive ketones (excluding diaryl/α,β-unsaturated/α-hetero) is 1. The molecule has 124 valence electrons. The molecule has 0 aromatic rings. The molecule has 1 fully saturated rings. The predicted molar refractivity (Wildman–Crippen MR) is 85.5 cm³/mol. The van der Waals surface area contributed by atoms with E-state index in [1.165, 1.54) is 21.1 Å². The molecule has 0 bridgehead atoms. The van der Waals surface area contributed by atoms with Crippen molar-refractivity contribution in [2.45, 2.75) is 31.9 Å².